The van der Waals surface area contributed by atoms with Crippen LogP contribution in [0.1, 0.15) is 30.4 Å². The molecule has 0 radical (unpaired) electrons. The van der Waals surface area contributed by atoms with Crippen LogP contribution in [0.2, 0.25) is 5.02 Å². The first-order valence-electron chi connectivity index (χ1n) is 8.83. The molecule has 3 rings (SSSR count). The molecule has 2 aromatic carbocycles. The van der Waals surface area contributed by atoms with Crippen LogP contribution in [-0.2, 0) is 16.6 Å². The maximum absolute atomic E-state index is 13.4. The van der Waals surface area contributed by atoms with E-state index in [1.807, 2.05) is 0 Å². The summed E-state index contributed by atoms with van der Waals surface area (Å²) in [4.78, 5) is 0.184. The summed E-state index contributed by atoms with van der Waals surface area (Å²) in [5.41, 5.74) is 1.33. The van der Waals surface area contributed by atoms with Gasteiger partial charge < -0.3 is 5.11 Å². The molecule has 2 atom stereocenters. The first-order chi connectivity index (χ1) is 13.0. The van der Waals surface area contributed by atoms with Crippen LogP contribution in [0.25, 0.3) is 0 Å². The highest BCUT2D eigenvalue weighted by atomic mass is 35.5. The van der Waals surface area contributed by atoms with Crippen LogP contribution in [0.4, 0.5) is 0 Å². The number of nitrogens with zero attached hydrogens (tertiary/aromatic N) is 2. The molecule has 0 heterocycles. The van der Waals surface area contributed by atoms with E-state index < -0.39 is 10.0 Å². The summed E-state index contributed by atoms with van der Waals surface area (Å²) < 4.78 is 28.2. The van der Waals surface area contributed by atoms with Gasteiger partial charge in [0.2, 0.25) is 10.0 Å². The van der Waals surface area contributed by atoms with Crippen molar-refractivity contribution in [3.8, 4) is 6.07 Å². The quantitative estimate of drug-likeness (QED) is 0.798. The Labute approximate surface area is 164 Å². The van der Waals surface area contributed by atoms with Gasteiger partial charge in [-0.15, -0.1) is 0 Å². The number of hydrogen-bond donors (Lipinski definition) is 1. The van der Waals surface area contributed by atoms with Crippen molar-refractivity contribution in [1.82, 2.24) is 4.31 Å². The number of aliphatic hydroxyl groups is 1. The van der Waals surface area contributed by atoms with E-state index in [-0.39, 0.29) is 30.0 Å². The molecule has 1 aliphatic carbocycles. The van der Waals surface area contributed by atoms with Gasteiger partial charge >= 0.3 is 0 Å². The molecule has 1 fully saturated rings. The highest BCUT2D eigenvalue weighted by molar-refractivity contribution is 7.89. The van der Waals surface area contributed by atoms with E-state index in [9.17, 15) is 13.5 Å². The lowest BCUT2D eigenvalue weighted by Crippen LogP contribution is -2.42. The molecule has 142 valence electrons. The fourth-order valence-corrected chi connectivity index (χ4v) is 5.43. The van der Waals surface area contributed by atoms with Gasteiger partial charge in [-0.1, -0.05) is 30.2 Å². The lowest BCUT2D eigenvalue weighted by molar-refractivity contribution is 0.166. The molecule has 2 unspecified atom stereocenters. The van der Waals surface area contributed by atoms with Crippen molar-refractivity contribution >= 4 is 21.6 Å². The fourth-order valence-electron chi connectivity index (χ4n) is 3.60. The molecule has 1 aliphatic rings. The van der Waals surface area contributed by atoms with Gasteiger partial charge in [-0.05, 0) is 60.7 Å². The van der Waals surface area contributed by atoms with Gasteiger partial charge in [-0.25, -0.2) is 8.42 Å². The third kappa shape index (κ3) is 4.33. The molecule has 0 aliphatic heterocycles. The fraction of sp³-hybridized carbons (Fsp3) is 0.350. The van der Waals surface area contributed by atoms with Crippen LogP contribution in [0, 0.1) is 17.2 Å². The van der Waals surface area contributed by atoms with E-state index in [1.165, 1.54) is 16.4 Å². The van der Waals surface area contributed by atoms with Crippen molar-refractivity contribution < 1.29 is 13.5 Å². The molecule has 0 aromatic heterocycles. The van der Waals surface area contributed by atoms with E-state index in [0.717, 1.165) is 18.4 Å². The maximum atomic E-state index is 13.4. The van der Waals surface area contributed by atoms with E-state index >= 15 is 0 Å². The first kappa shape index (κ1) is 19.8. The molecule has 0 spiro atoms. The topological polar surface area (TPSA) is 81.4 Å². The van der Waals surface area contributed by atoms with Crippen molar-refractivity contribution in [3.63, 3.8) is 0 Å². The summed E-state index contributed by atoms with van der Waals surface area (Å²) in [6.07, 6.45) is 2.41. The zero-order valence-electron chi connectivity index (χ0n) is 14.8. The molecule has 1 saturated carbocycles. The lowest BCUT2D eigenvalue weighted by Gasteiger charge is -2.31. The molecule has 0 saturated heterocycles. The molecule has 0 amide bonds. The Morgan fingerprint density at radius 3 is 2.37 bits per heavy atom. The molecule has 1 N–H and O–H groups in total. The summed E-state index contributed by atoms with van der Waals surface area (Å²) in [5, 5.41) is 19.1. The molecule has 2 aromatic rings. The van der Waals surface area contributed by atoms with Gasteiger partial charge in [0.05, 0.1) is 16.5 Å². The van der Waals surface area contributed by atoms with Crippen molar-refractivity contribution in [1.29, 1.82) is 5.26 Å². The van der Waals surface area contributed by atoms with E-state index in [4.69, 9.17) is 16.9 Å². The first-order valence-corrected chi connectivity index (χ1v) is 10.6. The molecule has 27 heavy (non-hydrogen) atoms. The number of hydrogen-bond acceptors (Lipinski definition) is 4. The average molecular weight is 405 g/mol. The maximum Gasteiger partial charge on any atom is 0.243 e. The largest absolute Gasteiger partial charge is 0.396 e. The molecule has 7 heteroatoms. The number of halogens is 1. The van der Waals surface area contributed by atoms with Gasteiger partial charge in [0.1, 0.15) is 0 Å². The summed E-state index contributed by atoms with van der Waals surface area (Å²) in [5.74, 6) is -0.0783. The van der Waals surface area contributed by atoms with E-state index in [2.05, 4.69) is 6.07 Å². The predicted octanol–water partition coefficient (Wildman–Crippen LogP) is 3.56. The zero-order valence-corrected chi connectivity index (χ0v) is 16.3. The number of benzene rings is 2. The number of sulfonamides is 1. The Hall–Kier alpha value is -1.91. The van der Waals surface area contributed by atoms with Gasteiger partial charge in [-0.2, -0.15) is 9.57 Å². The predicted molar refractivity (Wildman–Crippen MR) is 104 cm³/mol. The standard InChI is InChI=1S/C20H21ClN2O3S/c21-18-8-10-19(11-9-18)27(25,26)23(20-3-1-2-17(20)14-24)13-16-6-4-15(12-22)5-7-16/h4-11,17,20,24H,1-3,13-14H2. The summed E-state index contributed by atoms with van der Waals surface area (Å²) in [7, 11) is -3.76. The van der Waals surface area contributed by atoms with Gasteiger partial charge in [0.25, 0.3) is 0 Å². The number of aliphatic hydroxyl groups excluding tert-OH is 1. The Morgan fingerprint density at radius 1 is 1.11 bits per heavy atom. The summed E-state index contributed by atoms with van der Waals surface area (Å²) in [6, 6.07) is 14.8. The van der Waals surface area contributed by atoms with Crippen molar-refractivity contribution in [2.45, 2.75) is 36.7 Å². The van der Waals surface area contributed by atoms with Crippen LogP contribution in [0.15, 0.2) is 53.4 Å². The minimum absolute atomic E-state index is 0.0370. The number of rotatable bonds is 6. The zero-order chi connectivity index (χ0) is 19.4. The molecular formula is C20H21ClN2O3S. The minimum atomic E-state index is -3.76. The van der Waals surface area contributed by atoms with Crippen molar-refractivity contribution in [2.24, 2.45) is 5.92 Å². The second-order valence-electron chi connectivity index (χ2n) is 6.75. The monoisotopic (exact) mass is 404 g/mol. The normalized spacial score (nSPS) is 19.9. The minimum Gasteiger partial charge on any atom is -0.396 e. The average Bonchev–Trinajstić information content (AvgIpc) is 3.15. The highest BCUT2D eigenvalue weighted by Crippen LogP contribution is 2.34. The smallest absolute Gasteiger partial charge is 0.243 e. The third-order valence-electron chi connectivity index (χ3n) is 5.07. The third-order valence-corrected chi connectivity index (χ3v) is 7.20. The van der Waals surface area contributed by atoms with Crippen molar-refractivity contribution in [3.05, 3.63) is 64.7 Å². The van der Waals surface area contributed by atoms with Gasteiger partial charge in [0, 0.05) is 24.2 Å². The second-order valence-corrected chi connectivity index (χ2v) is 9.08. The van der Waals surface area contributed by atoms with E-state index in [1.54, 1.807) is 36.4 Å². The SMILES string of the molecule is N#Cc1ccc(CN(C2CCCC2CO)S(=O)(=O)c2ccc(Cl)cc2)cc1. The van der Waals surface area contributed by atoms with Gasteiger partial charge in [-0.3, -0.25) is 0 Å². The Kier molecular flexibility index (Phi) is 6.18. The number of nitriles is 1. The Balaban J connectivity index is 1.98. The van der Waals surface area contributed by atoms with E-state index in [0.29, 0.717) is 17.0 Å². The highest BCUT2D eigenvalue weighted by Gasteiger charge is 2.38. The van der Waals surface area contributed by atoms with Crippen LogP contribution in [-0.4, -0.2) is 30.5 Å². The van der Waals surface area contributed by atoms with Crippen LogP contribution < -0.4 is 0 Å². The summed E-state index contributed by atoms with van der Waals surface area (Å²) >= 11 is 5.90. The molecular weight excluding hydrogens is 384 g/mol. The summed E-state index contributed by atoms with van der Waals surface area (Å²) in [6.45, 7) is 0.155. The van der Waals surface area contributed by atoms with Crippen molar-refractivity contribution in [2.75, 3.05) is 6.61 Å². The van der Waals surface area contributed by atoms with Gasteiger partial charge in [0.15, 0.2) is 0 Å². The van der Waals surface area contributed by atoms with Crippen LogP contribution in [0.3, 0.4) is 0 Å². The lowest BCUT2D eigenvalue weighted by atomic mass is 10.0. The Morgan fingerprint density at radius 2 is 1.78 bits per heavy atom. The second kappa shape index (κ2) is 8.41. The van der Waals surface area contributed by atoms with Crippen LogP contribution >= 0.6 is 11.6 Å². The molecule has 5 nitrogen and oxygen atoms in total. The molecule has 0 bridgehead atoms. The van der Waals surface area contributed by atoms with Crippen LogP contribution in [0.5, 0.6) is 0 Å². The Bertz CT molecular complexity index is 921.